The summed E-state index contributed by atoms with van der Waals surface area (Å²) in [7, 11) is 1.58. The Morgan fingerprint density at radius 2 is 2.15 bits per heavy atom. The number of hydrogen-bond acceptors (Lipinski definition) is 4. The molecule has 1 aromatic carbocycles. The molecule has 2 aromatic heterocycles. The third kappa shape index (κ3) is 2.21. The highest BCUT2D eigenvalue weighted by molar-refractivity contribution is 9.10. The Morgan fingerprint density at radius 3 is 2.95 bits per heavy atom. The van der Waals surface area contributed by atoms with E-state index < -0.39 is 0 Å². The molecule has 0 saturated heterocycles. The Balaban J connectivity index is 2.10. The van der Waals surface area contributed by atoms with Gasteiger partial charge >= 0.3 is 0 Å². The summed E-state index contributed by atoms with van der Waals surface area (Å²) in [6.45, 7) is 0. The number of pyridine rings is 1. The highest BCUT2D eigenvalue weighted by Crippen LogP contribution is 2.35. The molecule has 2 heterocycles. The summed E-state index contributed by atoms with van der Waals surface area (Å²) in [4.78, 5) is 4.15. The summed E-state index contributed by atoms with van der Waals surface area (Å²) < 4.78 is 7.76. The first-order chi connectivity index (χ1) is 9.70. The van der Waals surface area contributed by atoms with E-state index in [1.165, 1.54) is 6.33 Å². The van der Waals surface area contributed by atoms with Gasteiger partial charge in [-0.05, 0) is 40.2 Å². The number of benzene rings is 1. The van der Waals surface area contributed by atoms with Crippen LogP contribution in [0.25, 0.3) is 5.65 Å². The molecule has 1 N–H and O–H groups in total. The van der Waals surface area contributed by atoms with Crippen LogP contribution in [0.15, 0.2) is 41.1 Å². The second-order valence-electron chi connectivity index (χ2n) is 4.01. The number of aromatic nitrogens is 3. The molecule has 0 saturated carbocycles. The van der Waals surface area contributed by atoms with Crippen molar-refractivity contribution in [3.8, 4) is 5.75 Å². The van der Waals surface area contributed by atoms with Crippen LogP contribution < -0.4 is 10.1 Å². The average molecular weight is 354 g/mol. The molecule has 7 heteroatoms. The monoisotopic (exact) mass is 352 g/mol. The van der Waals surface area contributed by atoms with E-state index in [1.807, 2.05) is 24.3 Å². The highest BCUT2D eigenvalue weighted by atomic mass is 79.9. The zero-order valence-electron chi connectivity index (χ0n) is 10.5. The third-order valence-corrected chi connectivity index (χ3v) is 3.86. The van der Waals surface area contributed by atoms with Crippen LogP contribution in [0.3, 0.4) is 0 Å². The summed E-state index contributed by atoms with van der Waals surface area (Å²) in [6.07, 6.45) is 1.50. The summed E-state index contributed by atoms with van der Waals surface area (Å²) >= 11 is 9.78. The maximum atomic E-state index is 6.29. The van der Waals surface area contributed by atoms with E-state index in [0.717, 1.165) is 21.6 Å². The van der Waals surface area contributed by atoms with Crippen molar-refractivity contribution >= 4 is 44.7 Å². The second kappa shape index (κ2) is 5.30. The van der Waals surface area contributed by atoms with Crippen molar-refractivity contribution < 1.29 is 4.74 Å². The number of methoxy groups -OCH3 is 1. The van der Waals surface area contributed by atoms with Crippen molar-refractivity contribution in [3.63, 3.8) is 0 Å². The molecule has 102 valence electrons. The molecule has 20 heavy (non-hydrogen) atoms. The standard InChI is InChI=1S/C13H10BrClN4O/c1-20-10-4-2-3-9(12(10)15)18-13-8(14)5-6-11-16-7-17-19(11)13/h2-7,18H,1H3. The molecule has 3 rings (SSSR count). The zero-order chi connectivity index (χ0) is 14.1. The van der Waals surface area contributed by atoms with E-state index in [9.17, 15) is 0 Å². The fourth-order valence-electron chi connectivity index (χ4n) is 1.87. The maximum absolute atomic E-state index is 6.29. The quantitative estimate of drug-likeness (QED) is 0.776. The minimum Gasteiger partial charge on any atom is -0.495 e. The fraction of sp³-hybridized carbons (Fsp3) is 0.0769. The summed E-state index contributed by atoms with van der Waals surface area (Å²) in [5, 5.41) is 7.95. The predicted octanol–water partition coefficient (Wildman–Crippen LogP) is 3.90. The van der Waals surface area contributed by atoms with Crippen LogP contribution in [0.2, 0.25) is 5.02 Å². The number of hydrogen-bond donors (Lipinski definition) is 1. The molecule has 0 aliphatic heterocycles. The lowest BCUT2D eigenvalue weighted by Gasteiger charge is -2.13. The number of rotatable bonds is 3. The van der Waals surface area contributed by atoms with Crippen molar-refractivity contribution in [2.75, 3.05) is 12.4 Å². The molecular weight excluding hydrogens is 344 g/mol. The largest absolute Gasteiger partial charge is 0.495 e. The molecule has 0 atom stereocenters. The second-order valence-corrected chi connectivity index (χ2v) is 5.24. The molecular formula is C13H10BrClN4O. The van der Waals surface area contributed by atoms with E-state index in [2.05, 4.69) is 31.3 Å². The first-order valence-corrected chi connectivity index (χ1v) is 6.95. The lowest BCUT2D eigenvalue weighted by molar-refractivity contribution is 0.415. The van der Waals surface area contributed by atoms with Gasteiger partial charge in [-0.3, -0.25) is 0 Å². The highest BCUT2D eigenvalue weighted by Gasteiger charge is 2.11. The van der Waals surface area contributed by atoms with Gasteiger partial charge in [-0.1, -0.05) is 17.7 Å². The van der Waals surface area contributed by atoms with Crippen molar-refractivity contribution in [1.29, 1.82) is 0 Å². The topological polar surface area (TPSA) is 51.5 Å². The Morgan fingerprint density at radius 1 is 1.30 bits per heavy atom. The number of nitrogens with zero attached hydrogens (tertiary/aromatic N) is 3. The fourth-order valence-corrected chi connectivity index (χ4v) is 2.52. The van der Waals surface area contributed by atoms with E-state index in [0.29, 0.717) is 10.8 Å². The van der Waals surface area contributed by atoms with Gasteiger partial charge in [0.25, 0.3) is 0 Å². The molecule has 0 radical (unpaired) electrons. The van der Waals surface area contributed by atoms with Crippen LogP contribution in [-0.2, 0) is 0 Å². The Bertz CT molecular complexity index is 774. The molecule has 5 nitrogen and oxygen atoms in total. The molecule has 0 amide bonds. The SMILES string of the molecule is COc1cccc(Nc2c(Br)ccc3ncnn23)c1Cl. The predicted molar refractivity (Wildman–Crippen MR) is 82.0 cm³/mol. The van der Waals surface area contributed by atoms with Gasteiger partial charge in [-0.25, -0.2) is 4.98 Å². The van der Waals surface area contributed by atoms with Gasteiger partial charge in [0.2, 0.25) is 0 Å². The first-order valence-electron chi connectivity index (χ1n) is 5.78. The van der Waals surface area contributed by atoms with E-state index in [1.54, 1.807) is 17.7 Å². The van der Waals surface area contributed by atoms with E-state index in [-0.39, 0.29) is 0 Å². The summed E-state index contributed by atoms with van der Waals surface area (Å²) in [6, 6.07) is 9.31. The van der Waals surface area contributed by atoms with Gasteiger partial charge in [0, 0.05) is 0 Å². The van der Waals surface area contributed by atoms with Crippen LogP contribution in [0, 0.1) is 0 Å². The van der Waals surface area contributed by atoms with Crippen LogP contribution >= 0.6 is 27.5 Å². The average Bonchev–Trinajstić information content (AvgIpc) is 2.92. The van der Waals surface area contributed by atoms with Gasteiger partial charge in [-0.15, -0.1) is 0 Å². The van der Waals surface area contributed by atoms with Crippen molar-refractivity contribution in [3.05, 3.63) is 46.2 Å². The lowest BCUT2D eigenvalue weighted by atomic mass is 10.3. The van der Waals surface area contributed by atoms with Crippen LogP contribution in [0.4, 0.5) is 11.5 Å². The number of anilines is 2. The third-order valence-electron chi connectivity index (χ3n) is 2.83. The molecule has 3 aromatic rings. The van der Waals surface area contributed by atoms with Gasteiger partial charge in [-0.2, -0.15) is 9.61 Å². The minimum atomic E-state index is 0.513. The smallest absolute Gasteiger partial charge is 0.157 e. The van der Waals surface area contributed by atoms with E-state index >= 15 is 0 Å². The van der Waals surface area contributed by atoms with Crippen molar-refractivity contribution in [2.24, 2.45) is 0 Å². The van der Waals surface area contributed by atoms with Gasteiger partial charge in [0.05, 0.1) is 17.3 Å². The van der Waals surface area contributed by atoms with Crippen molar-refractivity contribution in [2.45, 2.75) is 0 Å². The molecule has 0 spiro atoms. The van der Waals surface area contributed by atoms with Crippen molar-refractivity contribution in [1.82, 2.24) is 14.6 Å². The van der Waals surface area contributed by atoms with Crippen LogP contribution in [-0.4, -0.2) is 21.7 Å². The zero-order valence-corrected chi connectivity index (χ0v) is 12.8. The normalized spacial score (nSPS) is 10.8. The van der Waals surface area contributed by atoms with Crippen LogP contribution in [0.5, 0.6) is 5.75 Å². The molecule has 0 aliphatic carbocycles. The molecule has 0 aliphatic rings. The Hall–Kier alpha value is -1.79. The lowest BCUT2D eigenvalue weighted by Crippen LogP contribution is -2.01. The molecule has 0 fully saturated rings. The van der Waals surface area contributed by atoms with Gasteiger partial charge in [0.1, 0.15) is 22.9 Å². The van der Waals surface area contributed by atoms with Gasteiger partial charge < -0.3 is 10.1 Å². The maximum Gasteiger partial charge on any atom is 0.157 e. The number of ether oxygens (including phenoxy) is 1. The minimum absolute atomic E-state index is 0.513. The Kier molecular flexibility index (Phi) is 3.50. The number of halogens is 2. The molecule has 0 bridgehead atoms. The Labute approximate surface area is 128 Å². The molecule has 0 unspecified atom stereocenters. The number of nitrogens with one attached hydrogen (secondary N) is 1. The van der Waals surface area contributed by atoms with Crippen LogP contribution in [0.1, 0.15) is 0 Å². The van der Waals surface area contributed by atoms with E-state index in [4.69, 9.17) is 16.3 Å². The first kappa shape index (κ1) is 13.2. The number of fused-ring (bicyclic) bond motifs is 1. The summed E-state index contributed by atoms with van der Waals surface area (Å²) in [5.41, 5.74) is 1.48. The summed E-state index contributed by atoms with van der Waals surface area (Å²) in [5.74, 6) is 1.36. The van der Waals surface area contributed by atoms with Gasteiger partial charge in [0.15, 0.2) is 5.65 Å².